The number of carbonyl (C=O) groups excluding carboxylic acids is 1. The van der Waals surface area contributed by atoms with Crippen molar-refractivity contribution in [3.05, 3.63) is 18.2 Å². The van der Waals surface area contributed by atoms with Crippen LogP contribution < -0.4 is 15.4 Å². The van der Waals surface area contributed by atoms with E-state index < -0.39 is 0 Å². The van der Waals surface area contributed by atoms with Gasteiger partial charge in [-0.1, -0.05) is 13.0 Å². The Morgan fingerprint density at radius 2 is 2.20 bits per heavy atom. The van der Waals surface area contributed by atoms with Crippen molar-refractivity contribution < 1.29 is 9.53 Å². The van der Waals surface area contributed by atoms with E-state index >= 15 is 0 Å². The Kier molecular flexibility index (Phi) is 4.39. The second-order valence-corrected chi connectivity index (χ2v) is 4.42. The number of hydrogen-bond acceptors (Lipinski definition) is 4. The Morgan fingerprint density at radius 3 is 2.90 bits per heavy atom. The van der Waals surface area contributed by atoms with Gasteiger partial charge in [0.15, 0.2) is 5.65 Å². The van der Waals surface area contributed by atoms with E-state index in [1.165, 1.54) is 0 Å². The quantitative estimate of drug-likeness (QED) is 0.876. The third kappa shape index (κ3) is 2.98. The number of nitrogens with one attached hydrogen (secondary N) is 2. The first-order valence-corrected chi connectivity index (χ1v) is 6.70. The second-order valence-electron chi connectivity index (χ2n) is 4.42. The SMILES string of the molecule is CCOc1cccc2nnc(NC(=O)NC(C)CC)n12. The van der Waals surface area contributed by atoms with E-state index in [0.29, 0.717) is 24.1 Å². The number of hydrogen-bond donors (Lipinski definition) is 2. The minimum Gasteiger partial charge on any atom is -0.479 e. The number of carbonyl (C=O) groups is 1. The van der Waals surface area contributed by atoms with Crippen LogP contribution in [0.25, 0.3) is 5.65 Å². The van der Waals surface area contributed by atoms with Crippen LogP contribution in [-0.4, -0.2) is 33.3 Å². The van der Waals surface area contributed by atoms with Crippen LogP contribution in [0.5, 0.6) is 5.88 Å². The van der Waals surface area contributed by atoms with E-state index in [0.717, 1.165) is 6.42 Å². The molecule has 1 atom stereocenters. The van der Waals surface area contributed by atoms with Crippen LogP contribution in [0.15, 0.2) is 18.2 Å². The van der Waals surface area contributed by atoms with E-state index in [9.17, 15) is 4.79 Å². The minimum absolute atomic E-state index is 0.0977. The van der Waals surface area contributed by atoms with Gasteiger partial charge in [-0.05, 0) is 32.4 Å². The van der Waals surface area contributed by atoms with E-state index in [-0.39, 0.29) is 12.1 Å². The summed E-state index contributed by atoms with van der Waals surface area (Å²) in [5.74, 6) is 0.929. The number of rotatable bonds is 5. The van der Waals surface area contributed by atoms with Crippen molar-refractivity contribution in [2.24, 2.45) is 0 Å². The summed E-state index contributed by atoms with van der Waals surface area (Å²) in [6.45, 7) is 6.36. The Morgan fingerprint density at radius 1 is 1.40 bits per heavy atom. The number of amides is 2. The van der Waals surface area contributed by atoms with Gasteiger partial charge in [-0.25, -0.2) is 9.20 Å². The van der Waals surface area contributed by atoms with Gasteiger partial charge in [0, 0.05) is 6.04 Å². The summed E-state index contributed by atoms with van der Waals surface area (Å²) < 4.78 is 7.18. The molecule has 0 saturated carbocycles. The number of anilines is 1. The van der Waals surface area contributed by atoms with Crippen molar-refractivity contribution >= 4 is 17.6 Å². The number of urea groups is 1. The standard InChI is InChI=1S/C13H19N5O2/c1-4-9(3)14-13(19)15-12-17-16-10-7-6-8-11(18(10)12)20-5-2/h6-9H,4-5H2,1-3H3,(H2,14,15,17,19). The highest BCUT2D eigenvalue weighted by Crippen LogP contribution is 2.18. The zero-order valence-corrected chi connectivity index (χ0v) is 11.9. The smallest absolute Gasteiger partial charge is 0.321 e. The predicted molar refractivity (Wildman–Crippen MR) is 76.1 cm³/mol. The molecule has 2 rings (SSSR count). The molecule has 0 aliphatic rings. The molecule has 0 aliphatic carbocycles. The largest absolute Gasteiger partial charge is 0.479 e. The van der Waals surface area contributed by atoms with Gasteiger partial charge in [-0.2, -0.15) is 0 Å². The van der Waals surface area contributed by atoms with Crippen LogP contribution in [0, 0.1) is 0 Å². The lowest BCUT2D eigenvalue weighted by atomic mass is 10.3. The predicted octanol–water partition coefficient (Wildman–Crippen LogP) is 2.05. The fourth-order valence-electron chi connectivity index (χ4n) is 1.72. The van der Waals surface area contributed by atoms with E-state index in [2.05, 4.69) is 20.8 Å². The molecule has 0 aliphatic heterocycles. The molecule has 2 amide bonds. The van der Waals surface area contributed by atoms with Gasteiger partial charge in [-0.3, -0.25) is 5.32 Å². The maximum Gasteiger partial charge on any atom is 0.321 e. The first kappa shape index (κ1) is 14.1. The number of aromatic nitrogens is 3. The first-order chi connectivity index (χ1) is 9.65. The van der Waals surface area contributed by atoms with Crippen LogP contribution >= 0.6 is 0 Å². The van der Waals surface area contributed by atoms with E-state index in [1.807, 2.05) is 26.8 Å². The number of pyridine rings is 1. The molecule has 0 saturated heterocycles. The van der Waals surface area contributed by atoms with Crippen molar-refractivity contribution in [3.8, 4) is 5.88 Å². The fourth-order valence-corrected chi connectivity index (χ4v) is 1.72. The molecule has 7 nitrogen and oxygen atoms in total. The molecular weight excluding hydrogens is 258 g/mol. The third-order valence-corrected chi connectivity index (χ3v) is 2.90. The molecule has 1 unspecified atom stereocenters. The Labute approximate surface area is 117 Å². The van der Waals surface area contributed by atoms with Crippen LogP contribution in [0.1, 0.15) is 27.2 Å². The second kappa shape index (κ2) is 6.23. The average molecular weight is 277 g/mol. The molecule has 0 spiro atoms. The molecule has 7 heteroatoms. The van der Waals surface area contributed by atoms with Gasteiger partial charge < -0.3 is 10.1 Å². The van der Waals surface area contributed by atoms with E-state index in [1.54, 1.807) is 16.5 Å². The Balaban J connectivity index is 2.24. The fraction of sp³-hybridized carbons (Fsp3) is 0.462. The maximum atomic E-state index is 11.8. The van der Waals surface area contributed by atoms with E-state index in [4.69, 9.17) is 4.74 Å². The summed E-state index contributed by atoms with van der Waals surface area (Å²) in [5, 5.41) is 13.5. The summed E-state index contributed by atoms with van der Waals surface area (Å²) in [7, 11) is 0. The summed E-state index contributed by atoms with van der Waals surface area (Å²) in [4.78, 5) is 11.8. The van der Waals surface area contributed by atoms with Gasteiger partial charge in [0.25, 0.3) is 0 Å². The molecule has 0 radical (unpaired) electrons. The maximum absolute atomic E-state index is 11.8. The number of nitrogens with zero attached hydrogens (tertiary/aromatic N) is 3. The summed E-state index contributed by atoms with van der Waals surface area (Å²) in [6.07, 6.45) is 0.859. The van der Waals surface area contributed by atoms with Gasteiger partial charge in [0.05, 0.1) is 6.61 Å². The molecule has 2 aromatic rings. The normalized spacial score (nSPS) is 12.2. The zero-order chi connectivity index (χ0) is 14.5. The lowest BCUT2D eigenvalue weighted by Crippen LogP contribution is -2.36. The first-order valence-electron chi connectivity index (χ1n) is 6.70. The Hall–Kier alpha value is -2.31. The molecule has 2 N–H and O–H groups in total. The highest BCUT2D eigenvalue weighted by Gasteiger charge is 2.13. The van der Waals surface area contributed by atoms with Gasteiger partial charge in [0.2, 0.25) is 11.8 Å². The van der Waals surface area contributed by atoms with Crippen LogP contribution in [0.2, 0.25) is 0 Å². The van der Waals surface area contributed by atoms with Crippen LogP contribution in [-0.2, 0) is 0 Å². The third-order valence-electron chi connectivity index (χ3n) is 2.90. The number of fused-ring (bicyclic) bond motifs is 1. The van der Waals surface area contributed by atoms with Crippen molar-refractivity contribution in [2.45, 2.75) is 33.2 Å². The monoisotopic (exact) mass is 277 g/mol. The van der Waals surface area contributed by atoms with Gasteiger partial charge >= 0.3 is 6.03 Å². The van der Waals surface area contributed by atoms with Crippen molar-refractivity contribution in [1.29, 1.82) is 0 Å². The summed E-state index contributed by atoms with van der Waals surface area (Å²) >= 11 is 0. The topological polar surface area (TPSA) is 80.6 Å². The molecule has 0 fully saturated rings. The summed E-state index contributed by atoms with van der Waals surface area (Å²) in [6, 6.07) is 5.23. The molecule has 108 valence electrons. The molecular formula is C13H19N5O2. The molecule has 2 heterocycles. The van der Waals surface area contributed by atoms with Gasteiger partial charge in [0.1, 0.15) is 0 Å². The average Bonchev–Trinajstić information content (AvgIpc) is 2.83. The highest BCUT2D eigenvalue weighted by atomic mass is 16.5. The zero-order valence-electron chi connectivity index (χ0n) is 11.9. The Bertz CT molecular complexity index is 595. The lowest BCUT2D eigenvalue weighted by molar-refractivity contribution is 0.248. The molecule has 2 aromatic heterocycles. The number of ether oxygens (including phenoxy) is 1. The van der Waals surface area contributed by atoms with Crippen LogP contribution in [0.3, 0.4) is 0 Å². The lowest BCUT2D eigenvalue weighted by Gasteiger charge is -2.12. The van der Waals surface area contributed by atoms with Gasteiger partial charge in [-0.15, -0.1) is 10.2 Å². The molecule has 0 aromatic carbocycles. The van der Waals surface area contributed by atoms with Crippen molar-refractivity contribution in [2.75, 3.05) is 11.9 Å². The van der Waals surface area contributed by atoms with Crippen molar-refractivity contribution in [1.82, 2.24) is 19.9 Å². The summed E-state index contributed by atoms with van der Waals surface area (Å²) in [5.41, 5.74) is 0.620. The van der Waals surface area contributed by atoms with Crippen LogP contribution in [0.4, 0.5) is 10.7 Å². The molecule has 0 bridgehead atoms. The minimum atomic E-state index is -0.306. The highest BCUT2D eigenvalue weighted by molar-refractivity contribution is 5.88. The van der Waals surface area contributed by atoms with Crippen molar-refractivity contribution in [3.63, 3.8) is 0 Å². The molecule has 20 heavy (non-hydrogen) atoms.